The third-order valence-electron chi connectivity index (χ3n) is 4.53. The number of nitrogens with one attached hydrogen (secondary N) is 1. The molecule has 2 fully saturated rings. The number of hydrogen-bond acceptors (Lipinski definition) is 2. The van der Waals surface area contributed by atoms with Crippen LogP contribution in [0.5, 0.6) is 0 Å². The highest BCUT2D eigenvalue weighted by atomic mass is 15.2. The Morgan fingerprint density at radius 1 is 1.12 bits per heavy atom. The summed E-state index contributed by atoms with van der Waals surface area (Å²) < 4.78 is 0. The summed E-state index contributed by atoms with van der Waals surface area (Å²) in [5, 5.41) is 3.46. The van der Waals surface area contributed by atoms with Crippen LogP contribution in [0, 0.1) is 6.92 Å². The van der Waals surface area contributed by atoms with Crippen molar-refractivity contribution in [1.82, 2.24) is 5.32 Å². The summed E-state index contributed by atoms with van der Waals surface area (Å²) in [6, 6.07) is 11.1. The maximum Gasteiger partial charge on any atom is 0.0400 e. The number of nitrogens with zero attached hydrogens (tertiary/aromatic N) is 1. The van der Waals surface area contributed by atoms with E-state index in [0.29, 0.717) is 0 Å². The zero-order valence-electron chi connectivity index (χ0n) is 10.8. The lowest BCUT2D eigenvalue weighted by Gasteiger charge is -2.41. The highest BCUT2D eigenvalue weighted by molar-refractivity contribution is 5.56. The van der Waals surface area contributed by atoms with E-state index in [0.717, 1.165) is 18.1 Å². The van der Waals surface area contributed by atoms with E-state index in [4.69, 9.17) is 0 Å². The van der Waals surface area contributed by atoms with Gasteiger partial charge in [0.1, 0.15) is 0 Å². The minimum Gasteiger partial charge on any atom is -0.365 e. The van der Waals surface area contributed by atoms with Crippen LogP contribution in [-0.2, 0) is 0 Å². The van der Waals surface area contributed by atoms with Crippen LogP contribution in [0.15, 0.2) is 24.3 Å². The van der Waals surface area contributed by atoms with Crippen LogP contribution in [0.25, 0.3) is 0 Å². The third kappa shape index (κ3) is 1.85. The van der Waals surface area contributed by atoms with Crippen molar-refractivity contribution in [2.75, 3.05) is 11.9 Å². The van der Waals surface area contributed by atoms with Crippen molar-refractivity contribution < 1.29 is 0 Å². The van der Waals surface area contributed by atoms with Crippen molar-refractivity contribution in [2.45, 2.75) is 50.7 Å². The minimum atomic E-state index is 0.729. The summed E-state index contributed by atoms with van der Waals surface area (Å²) in [5.74, 6) is 0. The van der Waals surface area contributed by atoms with E-state index >= 15 is 0 Å². The number of para-hydroxylation sites is 1. The molecule has 2 bridgehead atoms. The number of anilines is 1. The molecule has 3 rings (SSSR count). The van der Waals surface area contributed by atoms with Crippen LogP contribution in [0.1, 0.15) is 31.2 Å². The van der Waals surface area contributed by atoms with Gasteiger partial charge >= 0.3 is 0 Å². The predicted molar refractivity (Wildman–Crippen MR) is 72.5 cm³/mol. The Kier molecular flexibility index (Phi) is 2.83. The molecule has 2 nitrogen and oxygen atoms in total. The summed E-state index contributed by atoms with van der Waals surface area (Å²) in [6.45, 7) is 2.24. The normalized spacial score (nSPS) is 31.9. The largest absolute Gasteiger partial charge is 0.365 e. The predicted octanol–water partition coefficient (Wildman–Crippen LogP) is 2.71. The molecule has 17 heavy (non-hydrogen) atoms. The molecule has 1 aromatic carbocycles. The topological polar surface area (TPSA) is 15.3 Å². The summed E-state index contributed by atoms with van der Waals surface area (Å²) in [6.07, 6.45) is 5.36. The molecule has 2 saturated heterocycles. The van der Waals surface area contributed by atoms with Gasteiger partial charge in [-0.2, -0.15) is 0 Å². The fourth-order valence-electron chi connectivity index (χ4n) is 3.66. The van der Waals surface area contributed by atoms with Gasteiger partial charge in [0, 0.05) is 23.8 Å². The molecular formula is C15H22N2. The molecule has 0 amide bonds. The van der Waals surface area contributed by atoms with E-state index in [1.807, 2.05) is 0 Å². The molecule has 0 saturated carbocycles. The number of benzene rings is 1. The molecule has 2 aliphatic rings. The molecule has 0 spiro atoms. The number of fused-ring (bicyclic) bond motifs is 2. The zero-order valence-corrected chi connectivity index (χ0v) is 10.8. The average molecular weight is 230 g/mol. The van der Waals surface area contributed by atoms with Crippen molar-refractivity contribution >= 4 is 5.69 Å². The molecule has 2 unspecified atom stereocenters. The van der Waals surface area contributed by atoms with Gasteiger partial charge in [-0.15, -0.1) is 0 Å². The molecule has 0 radical (unpaired) electrons. The van der Waals surface area contributed by atoms with Crippen LogP contribution in [0.4, 0.5) is 5.69 Å². The monoisotopic (exact) mass is 230 g/mol. The molecule has 2 heterocycles. The lowest BCUT2D eigenvalue weighted by molar-refractivity contribution is 0.373. The second-order valence-corrected chi connectivity index (χ2v) is 5.54. The number of hydrogen-bond donors (Lipinski definition) is 1. The average Bonchev–Trinajstić information content (AvgIpc) is 2.60. The molecule has 1 N–H and O–H groups in total. The fraction of sp³-hybridized carbons (Fsp3) is 0.600. The highest BCUT2D eigenvalue weighted by Gasteiger charge is 2.40. The number of rotatable bonds is 2. The van der Waals surface area contributed by atoms with Gasteiger partial charge in [-0.25, -0.2) is 0 Å². The van der Waals surface area contributed by atoms with E-state index in [1.165, 1.54) is 36.9 Å². The molecular weight excluding hydrogens is 208 g/mol. The minimum absolute atomic E-state index is 0.729. The Morgan fingerprint density at radius 3 is 2.35 bits per heavy atom. The Balaban J connectivity index is 1.89. The first-order valence-corrected chi connectivity index (χ1v) is 6.81. The second-order valence-electron chi connectivity index (χ2n) is 5.54. The Bertz CT molecular complexity index is 388. The quantitative estimate of drug-likeness (QED) is 0.840. The first-order chi connectivity index (χ1) is 8.29. The first-order valence-electron chi connectivity index (χ1n) is 6.81. The number of piperidine rings is 1. The molecule has 0 aliphatic carbocycles. The van der Waals surface area contributed by atoms with Gasteiger partial charge in [0.2, 0.25) is 0 Å². The molecule has 1 aromatic rings. The van der Waals surface area contributed by atoms with Crippen LogP contribution in [-0.4, -0.2) is 25.2 Å². The van der Waals surface area contributed by atoms with Crippen molar-refractivity contribution in [3.8, 4) is 0 Å². The second kappa shape index (κ2) is 4.34. The lowest BCUT2D eigenvalue weighted by atomic mass is 9.96. The summed E-state index contributed by atoms with van der Waals surface area (Å²) in [4.78, 5) is 2.70. The van der Waals surface area contributed by atoms with Gasteiger partial charge < -0.3 is 10.2 Å². The van der Waals surface area contributed by atoms with Crippen LogP contribution in [0.3, 0.4) is 0 Å². The molecule has 2 atom stereocenters. The van der Waals surface area contributed by atoms with Gasteiger partial charge in [-0.05, 0) is 51.3 Å². The van der Waals surface area contributed by atoms with E-state index in [9.17, 15) is 0 Å². The SMILES string of the molecule is CNC1CC2CCC(C1)N2c1ccccc1C. The van der Waals surface area contributed by atoms with Crippen LogP contribution < -0.4 is 10.2 Å². The third-order valence-corrected chi connectivity index (χ3v) is 4.53. The van der Waals surface area contributed by atoms with E-state index < -0.39 is 0 Å². The van der Waals surface area contributed by atoms with Crippen molar-refractivity contribution in [3.63, 3.8) is 0 Å². The summed E-state index contributed by atoms with van der Waals surface area (Å²) in [5.41, 5.74) is 2.89. The van der Waals surface area contributed by atoms with Crippen molar-refractivity contribution in [2.24, 2.45) is 0 Å². The first kappa shape index (κ1) is 11.1. The van der Waals surface area contributed by atoms with Crippen LogP contribution >= 0.6 is 0 Å². The van der Waals surface area contributed by atoms with Gasteiger partial charge in [0.05, 0.1) is 0 Å². The summed E-state index contributed by atoms with van der Waals surface area (Å²) >= 11 is 0. The molecule has 2 aliphatic heterocycles. The Hall–Kier alpha value is -1.02. The molecule has 2 heteroatoms. The summed E-state index contributed by atoms with van der Waals surface area (Å²) in [7, 11) is 2.10. The van der Waals surface area contributed by atoms with Gasteiger partial charge in [0.15, 0.2) is 0 Å². The molecule has 0 aromatic heterocycles. The maximum absolute atomic E-state index is 3.46. The van der Waals surface area contributed by atoms with Crippen LogP contribution in [0.2, 0.25) is 0 Å². The van der Waals surface area contributed by atoms with E-state index in [-0.39, 0.29) is 0 Å². The smallest absolute Gasteiger partial charge is 0.0400 e. The van der Waals surface area contributed by atoms with Gasteiger partial charge in [-0.1, -0.05) is 18.2 Å². The van der Waals surface area contributed by atoms with E-state index in [1.54, 1.807) is 0 Å². The fourth-order valence-corrected chi connectivity index (χ4v) is 3.66. The Labute approximate surface area is 104 Å². The van der Waals surface area contributed by atoms with Gasteiger partial charge in [0.25, 0.3) is 0 Å². The van der Waals surface area contributed by atoms with E-state index in [2.05, 4.69) is 48.5 Å². The lowest BCUT2D eigenvalue weighted by Crippen LogP contribution is -2.48. The standard InChI is InChI=1S/C15H22N2/c1-11-5-3-4-6-15(11)17-13-7-8-14(17)10-12(9-13)16-2/h3-6,12-14,16H,7-10H2,1-2H3. The zero-order chi connectivity index (χ0) is 11.8. The van der Waals surface area contributed by atoms with Crippen molar-refractivity contribution in [3.05, 3.63) is 29.8 Å². The Morgan fingerprint density at radius 2 is 1.76 bits per heavy atom. The molecule has 92 valence electrons. The maximum atomic E-state index is 3.46. The highest BCUT2D eigenvalue weighted by Crippen LogP contribution is 2.40. The van der Waals surface area contributed by atoms with Gasteiger partial charge in [-0.3, -0.25) is 0 Å². The van der Waals surface area contributed by atoms with Crippen molar-refractivity contribution in [1.29, 1.82) is 0 Å². The number of aryl methyl sites for hydroxylation is 1.